The van der Waals surface area contributed by atoms with Crippen molar-refractivity contribution in [1.82, 2.24) is 0 Å². The quantitative estimate of drug-likeness (QED) is 0.0234. The minimum Gasteiger partial charge on any atom is -0.462 e. The van der Waals surface area contributed by atoms with Gasteiger partial charge in [0, 0.05) is 12.8 Å². The molecule has 0 aromatic carbocycles. The summed E-state index contributed by atoms with van der Waals surface area (Å²) < 4.78 is 32.8. The molecule has 0 rings (SSSR count). The van der Waals surface area contributed by atoms with Crippen molar-refractivity contribution in [1.29, 1.82) is 0 Å². The maximum absolute atomic E-state index is 12.7. The molecule has 0 aliphatic rings. The SMILES string of the molecule is CCCCCCCCCC/C=C\CCCCCCCCCC(=O)OC[C@H](COP(=O)(O)OC[C@@H](O)CO)OC(=O)CCCCCCCCCCCCCCCCCCC. The van der Waals surface area contributed by atoms with E-state index in [0.29, 0.717) is 12.8 Å². The molecule has 0 aliphatic heterocycles. The van der Waals surface area contributed by atoms with Crippen LogP contribution in [0.4, 0.5) is 0 Å². The first-order chi connectivity index (χ1) is 28.7. The Morgan fingerprint density at radius 3 is 1.22 bits per heavy atom. The molecule has 0 saturated carbocycles. The zero-order chi connectivity index (χ0) is 43.3. The first kappa shape index (κ1) is 57.7. The molecule has 0 aliphatic carbocycles. The van der Waals surface area contributed by atoms with Gasteiger partial charge >= 0.3 is 19.8 Å². The Morgan fingerprint density at radius 2 is 0.831 bits per heavy atom. The van der Waals surface area contributed by atoms with Crippen LogP contribution < -0.4 is 0 Å². The largest absolute Gasteiger partial charge is 0.472 e. The molecule has 11 heteroatoms. The topological polar surface area (TPSA) is 149 Å². The average Bonchev–Trinajstić information content (AvgIpc) is 3.22. The molecule has 3 atom stereocenters. The van der Waals surface area contributed by atoms with Gasteiger partial charge in [-0.1, -0.05) is 206 Å². The monoisotopic (exact) mass is 861 g/mol. The van der Waals surface area contributed by atoms with Crippen LogP contribution in [0.2, 0.25) is 0 Å². The molecule has 59 heavy (non-hydrogen) atoms. The number of hydrogen-bond acceptors (Lipinski definition) is 9. The van der Waals surface area contributed by atoms with Gasteiger partial charge in [-0.25, -0.2) is 4.57 Å². The van der Waals surface area contributed by atoms with Crippen molar-refractivity contribution >= 4 is 19.8 Å². The highest BCUT2D eigenvalue weighted by atomic mass is 31.2. The Balaban J connectivity index is 4.18. The molecule has 0 spiro atoms. The maximum atomic E-state index is 12.7. The van der Waals surface area contributed by atoms with Crippen molar-refractivity contribution in [2.75, 3.05) is 26.4 Å². The fraction of sp³-hybridized carbons (Fsp3) is 0.917. The molecule has 0 saturated heterocycles. The molecule has 0 heterocycles. The Hall–Kier alpha value is -1.29. The van der Waals surface area contributed by atoms with Gasteiger partial charge < -0.3 is 24.6 Å². The second-order valence-corrected chi connectivity index (χ2v) is 18.3. The van der Waals surface area contributed by atoms with E-state index < -0.39 is 51.8 Å². The van der Waals surface area contributed by atoms with Crippen LogP contribution in [0.5, 0.6) is 0 Å². The Bertz CT molecular complexity index is 993. The van der Waals surface area contributed by atoms with E-state index in [-0.39, 0.29) is 19.4 Å². The third-order valence-corrected chi connectivity index (χ3v) is 11.9. The van der Waals surface area contributed by atoms with E-state index in [9.17, 15) is 24.2 Å². The highest BCUT2D eigenvalue weighted by Gasteiger charge is 2.27. The number of phosphoric ester groups is 1. The van der Waals surface area contributed by atoms with E-state index in [2.05, 4.69) is 26.0 Å². The first-order valence-electron chi connectivity index (χ1n) is 24.6. The number of ether oxygens (including phenoxy) is 2. The van der Waals surface area contributed by atoms with Gasteiger partial charge in [-0.2, -0.15) is 0 Å². The van der Waals surface area contributed by atoms with Gasteiger partial charge in [0.05, 0.1) is 19.8 Å². The lowest BCUT2D eigenvalue weighted by Gasteiger charge is -2.20. The molecule has 1 unspecified atom stereocenters. The number of aliphatic hydroxyl groups excluding tert-OH is 2. The number of aliphatic hydroxyl groups is 2. The lowest BCUT2D eigenvalue weighted by atomic mass is 10.0. The average molecular weight is 861 g/mol. The number of hydrogen-bond donors (Lipinski definition) is 3. The zero-order valence-corrected chi connectivity index (χ0v) is 39.1. The molecule has 350 valence electrons. The molecule has 0 aromatic rings. The fourth-order valence-electron chi connectivity index (χ4n) is 7.11. The highest BCUT2D eigenvalue weighted by Crippen LogP contribution is 2.43. The fourth-order valence-corrected chi connectivity index (χ4v) is 7.90. The summed E-state index contributed by atoms with van der Waals surface area (Å²) >= 11 is 0. The summed E-state index contributed by atoms with van der Waals surface area (Å²) in [4.78, 5) is 35.1. The van der Waals surface area contributed by atoms with Crippen molar-refractivity contribution in [2.45, 2.75) is 257 Å². The number of carbonyl (C=O) groups is 2. The van der Waals surface area contributed by atoms with Crippen LogP contribution in [0, 0.1) is 0 Å². The molecular weight excluding hydrogens is 767 g/mol. The summed E-state index contributed by atoms with van der Waals surface area (Å²) in [6.07, 6.45) is 44.6. The first-order valence-corrected chi connectivity index (χ1v) is 26.1. The van der Waals surface area contributed by atoms with Crippen LogP contribution in [-0.4, -0.2) is 65.7 Å². The third-order valence-electron chi connectivity index (χ3n) is 10.9. The molecule has 10 nitrogen and oxygen atoms in total. The van der Waals surface area contributed by atoms with E-state index in [1.54, 1.807) is 0 Å². The number of phosphoric acid groups is 1. The number of carbonyl (C=O) groups excluding carboxylic acids is 2. The molecule has 0 bridgehead atoms. The second kappa shape index (κ2) is 44.8. The van der Waals surface area contributed by atoms with Crippen molar-refractivity contribution in [3.05, 3.63) is 12.2 Å². The van der Waals surface area contributed by atoms with Crippen molar-refractivity contribution in [2.24, 2.45) is 0 Å². The lowest BCUT2D eigenvalue weighted by Crippen LogP contribution is -2.29. The number of allylic oxidation sites excluding steroid dienone is 2. The van der Waals surface area contributed by atoms with Crippen LogP contribution >= 0.6 is 7.82 Å². The summed E-state index contributed by atoms with van der Waals surface area (Å²) in [5.41, 5.74) is 0. The van der Waals surface area contributed by atoms with Gasteiger partial charge in [-0.15, -0.1) is 0 Å². The Kier molecular flexibility index (Phi) is 43.8. The molecule has 0 fully saturated rings. The molecule has 0 radical (unpaired) electrons. The van der Waals surface area contributed by atoms with Gasteiger partial charge in [-0.3, -0.25) is 18.6 Å². The smallest absolute Gasteiger partial charge is 0.462 e. The number of unbranched alkanes of at least 4 members (excludes halogenated alkanes) is 31. The van der Waals surface area contributed by atoms with Gasteiger partial charge in [0.15, 0.2) is 6.10 Å². The Morgan fingerprint density at radius 1 is 0.492 bits per heavy atom. The molecule has 3 N–H and O–H groups in total. The predicted octanol–water partition coefficient (Wildman–Crippen LogP) is 13.6. The third kappa shape index (κ3) is 44.6. The van der Waals surface area contributed by atoms with Crippen molar-refractivity contribution in [3.8, 4) is 0 Å². The van der Waals surface area contributed by atoms with E-state index in [1.807, 2.05) is 0 Å². The molecule has 0 aromatic heterocycles. The lowest BCUT2D eigenvalue weighted by molar-refractivity contribution is -0.161. The molecule has 0 amide bonds. The van der Waals surface area contributed by atoms with Crippen molar-refractivity contribution in [3.63, 3.8) is 0 Å². The van der Waals surface area contributed by atoms with E-state index in [0.717, 1.165) is 44.9 Å². The van der Waals surface area contributed by atoms with Gasteiger partial charge in [0.1, 0.15) is 12.7 Å². The van der Waals surface area contributed by atoms with Gasteiger partial charge in [0.2, 0.25) is 0 Å². The van der Waals surface area contributed by atoms with Gasteiger partial charge in [-0.05, 0) is 38.5 Å². The summed E-state index contributed by atoms with van der Waals surface area (Å²) in [5.74, 6) is -0.915. The van der Waals surface area contributed by atoms with Crippen LogP contribution in [-0.2, 0) is 32.7 Å². The second-order valence-electron chi connectivity index (χ2n) is 16.8. The highest BCUT2D eigenvalue weighted by molar-refractivity contribution is 7.47. The van der Waals surface area contributed by atoms with E-state index in [4.69, 9.17) is 23.6 Å². The van der Waals surface area contributed by atoms with Crippen LogP contribution in [0.25, 0.3) is 0 Å². The van der Waals surface area contributed by atoms with E-state index >= 15 is 0 Å². The molecular formula is C48H93O10P. The summed E-state index contributed by atoms with van der Waals surface area (Å²) in [6, 6.07) is 0. The van der Waals surface area contributed by atoms with Crippen molar-refractivity contribution < 1.29 is 47.8 Å². The van der Waals surface area contributed by atoms with Crippen LogP contribution in [0.1, 0.15) is 245 Å². The Labute approximate surface area is 362 Å². The summed E-state index contributed by atoms with van der Waals surface area (Å²) in [7, 11) is -4.62. The van der Waals surface area contributed by atoms with Gasteiger partial charge in [0.25, 0.3) is 0 Å². The normalized spacial score (nSPS) is 13.8. The summed E-state index contributed by atoms with van der Waals surface area (Å²) in [6.45, 7) is 2.43. The summed E-state index contributed by atoms with van der Waals surface area (Å²) in [5, 5.41) is 18.4. The standard InChI is InChI=1S/C48H93O10P/c1-3-5-7-9-11-13-15-17-19-21-22-24-25-27-29-31-33-35-37-39-47(51)55-43-46(44-57-59(53,54)56-42-45(50)41-49)58-48(52)40-38-36-34-32-30-28-26-23-20-18-16-14-12-10-8-6-4-2/h21-22,45-46,49-50H,3-20,23-44H2,1-2H3,(H,53,54)/b22-21-/t45-,46+/m0/s1. The number of esters is 2. The van der Waals surface area contributed by atoms with E-state index in [1.165, 1.54) is 161 Å². The minimum atomic E-state index is -4.62. The number of rotatable bonds is 47. The zero-order valence-electron chi connectivity index (χ0n) is 38.2. The van der Waals surface area contributed by atoms with Crippen LogP contribution in [0.15, 0.2) is 12.2 Å². The maximum Gasteiger partial charge on any atom is 0.472 e. The van der Waals surface area contributed by atoms with Crippen LogP contribution in [0.3, 0.4) is 0 Å². The minimum absolute atomic E-state index is 0.190. The predicted molar refractivity (Wildman–Crippen MR) is 242 cm³/mol.